The Morgan fingerprint density at radius 2 is 2.10 bits per heavy atom. The monoisotopic (exact) mass is 411 g/mol. The Morgan fingerprint density at radius 1 is 1.23 bits per heavy atom. The molecular weight excluding hydrogens is 392 g/mol. The zero-order valence-electron chi connectivity index (χ0n) is 16.1. The largest absolute Gasteiger partial charge is 0.507 e. The average Bonchev–Trinajstić information content (AvgIpc) is 2.97. The number of hydrogen-bond acceptors (Lipinski definition) is 7. The number of nitrogens with zero attached hydrogens (tertiary/aromatic N) is 4. The van der Waals surface area contributed by atoms with E-state index in [4.69, 9.17) is 4.74 Å². The first-order valence-corrected chi connectivity index (χ1v) is 9.58. The molecule has 30 heavy (non-hydrogen) atoms. The van der Waals surface area contributed by atoms with E-state index in [-0.39, 0.29) is 24.4 Å². The minimum atomic E-state index is -2.76. The van der Waals surface area contributed by atoms with Crippen molar-refractivity contribution in [1.82, 2.24) is 25.5 Å². The number of nitrogens with one attached hydrogen (secondary N) is 1. The molecule has 4 heterocycles. The normalized spacial score (nSPS) is 26.4. The quantitative estimate of drug-likeness (QED) is 0.684. The number of ether oxygens (including phenoxy) is 1. The van der Waals surface area contributed by atoms with Gasteiger partial charge in [-0.05, 0) is 41.7 Å². The molecule has 2 fully saturated rings. The van der Waals surface area contributed by atoms with Crippen LogP contribution in [-0.4, -0.2) is 56.5 Å². The van der Waals surface area contributed by atoms with Crippen LogP contribution in [0.2, 0.25) is 0 Å². The number of fused-ring (bicyclic) bond motifs is 3. The van der Waals surface area contributed by atoms with Crippen LogP contribution in [0.15, 0.2) is 42.4 Å². The van der Waals surface area contributed by atoms with Gasteiger partial charge in [-0.3, -0.25) is 4.98 Å². The summed E-state index contributed by atoms with van der Waals surface area (Å²) >= 11 is 0. The number of aromatic nitrogens is 4. The number of phenolic OH excluding ortho intramolecular Hbond substituents is 1. The van der Waals surface area contributed by atoms with Gasteiger partial charge in [-0.1, -0.05) is 0 Å². The van der Waals surface area contributed by atoms with Crippen molar-refractivity contribution in [2.45, 2.75) is 37.0 Å². The van der Waals surface area contributed by atoms with Gasteiger partial charge in [0.15, 0.2) is 5.82 Å². The highest BCUT2D eigenvalue weighted by Crippen LogP contribution is 2.42. The van der Waals surface area contributed by atoms with Gasteiger partial charge in [0.05, 0.1) is 23.9 Å². The van der Waals surface area contributed by atoms with E-state index in [0.717, 1.165) is 16.3 Å². The second-order valence-electron chi connectivity index (χ2n) is 7.67. The second kappa shape index (κ2) is 7.03. The molecule has 2 bridgehead atoms. The molecule has 0 saturated carbocycles. The molecule has 2 aliphatic rings. The van der Waals surface area contributed by atoms with Crippen LogP contribution in [0.3, 0.4) is 0 Å². The lowest BCUT2D eigenvalue weighted by Crippen LogP contribution is -2.47. The Labute approximate surface area is 170 Å². The zero-order valence-corrected chi connectivity index (χ0v) is 16.1. The van der Waals surface area contributed by atoms with Crippen LogP contribution in [0.5, 0.6) is 5.75 Å². The predicted octanol–water partition coefficient (Wildman–Crippen LogP) is 2.96. The van der Waals surface area contributed by atoms with Crippen LogP contribution in [0.25, 0.3) is 28.2 Å². The van der Waals surface area contributed by atoms with Crippen LogP contribution >= 0.6 is 0 Å². The van der Waals surface area contributed by atoms with Gasteiger partial charge in [-0.15, -0.1) is 10.2 Å². The first-order valence-electron chi connectivity index (χ1n) is 9.58. The van der Waals surface area contributed by atoms with E-state index >= 15 is 0 Å². The Kier molecular flexibility index (Phi) is 4.44. The van der Waals surface area contributed by atoms with E-state index < -0.39 is 24.1 Å². The summed E-state index contributed by atoms with van der Waals surface area (Å²) in [6.45, 7) is 0. The molecule has 0 amide bonds. The average molecular weight is 411 g/mol. The number of methoxy groups -OCH3 is 1. The third-order valence-electron chi connectivity index (χ3n) is 5.75. The van der Waals surface area contributed by atoms with Crippen LogP contribution in [0.1, 0.15) is 18.5 Å². The minimum absolute atomic E-state index is 0.0278. The highest BCUT2D eigenvalue weighted by molar-refractivity contribution is 5.88. The SMILES string of the molecule is CO[C@@H]1/C(=C\c2cnc(-c3cc4ccncc4cc3O)nn2)C[C@H]2N[C@@H]1CC2(F)F. The Morgan fingerprint density at radius 3 is 2.87 bits per heavy atom. The third-order valence-corrected chi connectivity index (χ3v) is 5.75. The van der Waals surface area contributed by atoms with E-state index in [1.807, 2.05) is 6.07 Å². The van der Waals surface area contributed by atoms with Gasteiger partial charge < -0.3 is 15.2 Å². The van der Waals surface area contributed by atoms with E-state index in [2.05, 4.69) is 25.5 Å². The Bertz CT molecular complexity index is 1140. The molecule has 2 aliphatic heterocycles. The van der Waals surface area contributed by atoms with Gasteiger partial charge in [-0.25, -0.2) is 13.8 Å². The number of pyridine rings is 1. The van der Waals surface area contributed by atoms with Crippen molar-refractivity contribution >= 4 is 16.8 Å². The molecule has 0 unspecified atom stereocenters. The number of rotatable bonds is 3. The van der Waals surface area contributed by atoms with Crippen molar-refractivity contribution in [2.24, 2.45) is 0 Å². The fraction of sp³-hybridized carbons (Fsp3) is 0.333. The van der Waals surface area contributed by atoms with Gasteiger partial charge in [0.2, 0.25) is 0 Å². The summed E-state index contributed by atoms with van der Waals surface area (Å²) in [5.74, 6) is -2.46. The number of benzene rings is 1. The molecule has 5 rings (SSSR count). The van der Waals surface area contributed by atoms with Gasteiger partial charge in [0.1, 0.15) is 11.4 Å². The van der Waals surface area contributed by atoms with Crippen molar-refractivity contribution in [1.29, 1.82) is 0 Å². The van der Waals surface area contributed by atoms with Crippen molar-refractivity contribution in [3.05, 3.63) is 48.1 Å². The first kappa shape index (κ1) is 19.0. The fourth-order valence-electron chi connectivity index (χ4n) is 4.31. The van der Waals surface area contributed by atoms with E-state index in [9.17, 15) is 13.9 Å². The highest BCUT2D eigenvalue weighted by Gasteiger charge is 2.54. The predicted molar refractivity (Wildman–Crippen MR) is 106 cm³/mol. The van der Waals surface area contributed by atoms with E-state index in [1.54, 1.807) is 30.6 Å². The molecule has 3 aromatic rings. The van der Waals surface area contributed by atoms with Crippen molar-refractivity contribution in [2.75, 3.05) is 7.11 Å². The summed E-state index contributed by atoms with van der Waals surface area (Å²) < 4.78 is 33.7. The summed E-state index contributed by atoms with van der Waals surface area (Å²) in [4.78, 5) is 8.35. The second-order valence-corrected chi connectivity index (χ2v) is 7.67. The van der Waals surface area contributed by atoms with Crippen LogP contribution in [0, 0.1) is 0 Å². The highest BCUT2D eigenvalue weighted by atomic mass is 19.3. The molecule has 2 N–H and O–H groups in total. The molecule has 7 nitrogen and oxygen atoms in total. The summed E-state index contributed by atoms with van der Waals surface area (Å²) in [5, 5.41) is 23.3. The molecule has 9 heteroatoms. The summed E-state index contributed by atoms with van der Waals surface area (Å²) in [6.07, 6.45) is 6.04. The summed E-state index contributed by atoms with van der Waals surface area (Å²) in [6, 6.07) is 3.88. The van der Waals surface area contributed by atoms with Crippen LogP contribution in [0.4, 0.5) is 8.78 Å². The van der Waals surface area contributed by atoms with Crippen LogP contribution < -0.4 is 5.32 Å². The molecular formula is C21H19F2N5O2. The molecule has 154 valence electrons. The topological polar surface area (TPSA) is 93.1 Å². The molecule has 0 spiro atoms. The first-order chi connectivity index (χ1) is 14.4. The Balaban J connectivity index is 1.45. The standard InChI is InChI=1S/C21H19F2N5O2/c1-30-19-12(7-18-21(22,23)8-16(19)26-18)4-14-10-25-20(28-27-14)15-5-11-2-3-24-9-13(11)6-17(15)29/h2-6,9-10,16,18-19,26,29H,7-8H2,1H3/b12-4-/t16-,18-,19-/m1/s1. The molecule has 0 aliphatic carbocycles. The van der Waals surface area contributed by atoms with E-state index in [1.165, 1.54) is 13.3 Å². The lowest BCUT2D eigenvalue weighted by Gasteiger charge is -2.31. The van der Waals surface area contributed by atoms with Gasteiger partial charge >= 0.3 is 0 Å². The maximum Gasteiger partial charge on any atom is 0.265 e. The summed E-state index contributed by atoms with van der Waals surface area (Å²) in [5.41, 5.74) is 1.65. The fourth-order valence-corrected chi connectivity index (χ4v) is 4.31. The Hall–Kier alpha value is -3.04. The number of piperidine rings is 1. The lowest BCUT2D eigenvalue weighted by molar-refractivity contribution is -0.00999. The minimum Gasteiger partial charge on any atom is -0.507 e. The number of phenols is 1. The smallest absolute Gasteiger partial charge is 0.265 e. The molecule has 3 atom stereocenters. The molecule has 0 radical (unpaired) electrons. The van der Waals surface area contributed by atoms with Crippen molar-refractivity contribution < 1.29 is 18.6 Å². The summed E-state index contributed by atoms with van der Waals surface area (Å²) in [7, 11) is 1.52. The third kappa shape index (κ3) is 3.20. The maximum absolute atomic E-state index is 14.1. The number of aromatic hydroxyl groups is 1. The van der Waals surface area contributed by atoms with Gasteiger partial charge in [-0.2, -0.15) is 0 Å². The van der Waals surface area contributed by atoms with Gasteiger partial charge in [0, 0.05) is 37.4 Å². The van der Waals surface area contributed by atoms with Crippen molar-refractivity contribution in [3.8, 4) is 17.1 Å². The number of alkyl halides is 2. The zero-order chi connectivity index (χ0) is 20.9. The van der Waals surface area contributed by atoms with Crippen molar-refractivity contribution in [3.63, 3.8) is 0 Å². The molecule has 2 aromatic heterocycles. The van der Waals surface area contributed by atoms with Crippen LogP contribution in [-0.2, 0) is 4.74 Å². The molecule has 2 saturated heterocycles. The van der Waals surface area contributed by atoms with Gasteiger partial charge in [0.25, 0.3) is 5.92 Å². The number of hydrogen-bond donors (Lipinski definition) is 2. The van der Waals surface area contributed by atoms with E-state index in [0.29, 0.717) is 11.3 Å². The number of halogens is 2. The lowest BCUT2D eigenvalue weighted by atomic mass is 9.94. The maximum atomic E-state index is 14.1. The molecule has 1 aromatic carbocycles.